The fourth-order valence-corrected chi connectivity index (χ4v) is 1.68. The number of hydrogen-bond donors (Lipinski definition) is 0. The fraction of sp³-hybridized carbons (Fsp3) is 0.182. The smallest absolute Gasteiger partial charge is 0.342 e. The van der Waals surface area contributed by atoms with E-state index >= 15 is 0 Å². The van der Waals surface area contributed by atoms with Crippen molar-refractivity contribution < 1.29 is 18.3 Å². The summed E-state index contributed by atoms with van der Waals surface area (Å²) in [5.41, 5.74) is 0.462. The summed E-state index contributed by atoms with van der Waals surface area (Å²) >= 11 is 5.77. The highest BCUT2D eigenvalue weighted by Gasteiger charge is 2.17. The highest BCUT2D eigenvalue weighted by Crippen LogP contribution is 2.29. The van der Waals surface area contributed by atoms with Crippen LogP contribution in [0, 0.1) is 5.82 Å². The van der Waals surface area contributed by atoms with Gasteiger partial charge in [0.25, 0.3) is 0 Å². The van der Waals surface area contributed by atoms with Crippen LogP contribution < -0.4 is 0 Å². The third-order valence-electron chi connectivity index (χ3n) is 2.09. The summed E-state index contributed by atoms with van der Waals surface area (Å²) in [7, 11) is 0. The van der Waals surface area contributed by atoms with Gasteiger partial charge in [-0.3, -0.25) is 0 Å². The maximum Gasteiger partial charge on any atom is 0.342 e. The van der Waals surface area contributed by atoms with E-state index in [0.29, 0.717) is 5.39 Å². The molecular formula is C11H8ClFO3. The van der Waals surface area contributed by atoms with Crippen LogP contribution in [0.5, 0.6) is 0 Å². The maximum atomic E-state index is 13.1. The first-order valence-corrected chi connectivity index (χ1v) is 5.04. The monoisotopic (exact) mass is 242 g/mol. The van der Waals surface area contributed by atoms with E-state index in [4.69, 9.17) is 20.8 Å². The molecule has 0 spiro atoms. The zero-order valence-corrected chi connectivity index (χ0v) is 9.18. The van der Waals surface area contributed by atoms with Crippen LogP contribution in [0.1, 0.15) is 17.3 Å². The first-order valence-electron chi connectivity index (χ1n) is 4.67. The van der Waals surface area contributed by atoms with Gasteiger partial charge >= 0.3 is 5.97 Å². The van der Waals surface area contributed by atoms with Crippen molar-refractivity contribution in [2.75, 3.05) is 6.61 Å². The molecule has 0 N–H and O–H groups in total. The first-order chi connectivity index (χ1) is 7.63. The standard InChI is InChI=1S/C11H8ClFO3/c1-2-15-11(14)8-5-16-10-7(8)3-6(13)4-9(10)12/h3-5H,2H2,1H3. The summed E-state index contributed by atoms with van der Waals surface area (Å²) in [6.07, 6.45) is 1.22. The lowest BCUT2D eigenvalue weighted by atomic mass is 10.2. The van der Waals surface area contributed by atoms with Gasteiger partial charge in [0.1, 0.15) is 17.6 Å². The van der Waals surface area contributed by atoms with Crippen molar-refractivity contribution in [1.82, 2.24) is 0 Å². The number of halogens is 2. The minimum absolute atomic E-state index is 0.130. The highest BCUT2D eigenvalue weighted by molar-refractivity contribution is 6.35. The predicted octanol–water partition coefficient (Wildman–Crippen LogP) is 3.40. The molecule has 1 heterocycles. The quantitative estimate of drug-likeness (QED) is 0.758. The van der Waals surface area contributed by atoms with E-state index in [1.807, 2.05) is 0 Å². The molecule has 16 heavy (non-hydrogen) atoms. The van der Waals surface area contributed by atoms with Gasteiger partial charge in [-0.05, 0) is 19.1 Å². The number of hydrogen-bond acceptors (Lipinski definition) is 3. The predicted molar refractivity (Wildman–Crippen MR) is 57.1 cm³/mol. The molecule has 1 aromatic carbocycles. The minimum Gasteiger partial charge on any atom is -0.462 e. The van der Waals surface area contributed by atoms with E-state index in [0.717, 1.165) is 6.07 Å². The molecule has 0 bridgehead atoms. The van der Waals surface area contributed by atoms with Gasteiger partial charge in [-0.2, -0.15) is 0 Å². The van der Waals surface area contributed by atoms with Gasteiger partial charge < -0.3 is 9.15 Å². The lowest BCUT2D eigenvalue weighted by molar-refractivity contribution is 0.0527. The minimum atomic E-state index is -0.553. The van der Waals surface area contributed by atoms with Crippen molar-refractivity contribution in [3.8, 4) is 0 Å². The normalized spacial score (nSPS) is 10.7. The molecule has 0 aliphatic carbocycles. The van der Waals surface area contributed by atoms with Crippen molar-refractivity contribution in [1.29, 1.82) is 0 Å². The van der Waals surface area contributed by atoms with Crippen molar-refractivity contribution in [3.63, 3.8) is 0 Å². The Balaban J connectivity index is 2.60. The maximum absolute atomic E-state index is 13.1. The Morgan fingerprint density at radius 2 is 2.31 bits per heavy atom. The molecule has 2 rings (SSSR count). The molecule has 0 saturated carbocycles. The molecule has 0 aliphatic heterocycles. The summed E-state index contributed by atoms with van der Waals surface area (Å²) in [5.74, 6) is -1.08. The molecule has 5 heteroatoms. The van der Waals surface area contributed by atoms with Gasteiger partial charge in [0, 0.05) is 5.39 Å². The number of ether oxygens (including phenoxy) is 1. The second-order valence-electron chi connectivity index (χ2n) is 3.13. The number of fused-ring (bicyclic) bond motifs is 1. The van der Waals surface area contributed by atoms with Gasteiger partial charge in [0.05, 0.1) is 11.6 Å². The lowest BCUT2D eigenvalue weighted by Crippen LogP contribution is -2.03. The summed E-state index contributed by atoms with van der Waals surface area (Å²) in [4.78, 5) is 11.5. The molecule has 0 saturated heterocycles. The molecule has 0 fully saturated rings. The largest absolute Gasteiger partial charge is 0.462 e. The third kappa shape index (κ3) is 1.76. The second-order valence-corrected chi connectivity index (χ2v) is 3.54. The zero-order chi connectivity index (χ0) is 11.7. The van der Waals surface area contributed by atoms with Gasteiger partial charge in [-0.25, -0.2) is 9.18 Å². The van der Waals surface area contributed by atoms with Crippen molar-refractivity contribution in [2.24, 2.45) is 0 Å². The molecule has 0 radical (unpaired) electrons. The number of rotatable bonds is 2. The van der Waals surface area contributed by atoms with Crippen molar-refractivity contribution in [3.05, 3.63) is 34.8 Å². The Labute approximate surface area is 95.7 Å². The van der Waals surface area contributed by atoms with Crippen LogP contribution in [0.25, 0.3) is 11.0 Å². The van der Waals surface area contributed by atoms with Crippen LogP contribution in [-0.2, 0) is 4.74 Å². The lowest BCUT2D eigenvalue weighted by Gasteiger charge is -1.99. The molecular weight excluding hydrogens is 235 g/mol. The average molecular weight is 243 g/mol. The van der Waals surface area contributed by atoms with Crippen LogP contribution >= 0.6 is 11.6 Å². The Bertz CT molecular complexity index is 547. The van der Waals surface area contributed by atoms with Gasteiger partial charge in [-0.1, -0.05) is 11.6 Å². The second kappa shape index (κ2) is 4.14. The summed E-state index contributed by atoms with van der Waals surface area (Å²) in [5, 5.41) is 0.453. The molecule has 0 aliphatic rings. The van der Waals surface area contributed by atoms with E-state index in [-0.39, 0.29) is 22.8 Å². The van der Waals surface area contributed by atoms with Crippen LogP contribution in [-0.4, -0.2) is 12.6 Å². The Hall–Kier alpha value is -1.55. The topological polar surface area (TPSA) is 39.4 Å². The number of benzene rings is 1. The van der Waals surface area contributed by atoms with E-state index in [1.54, 1.807) is 6.92 Å². The number of esters is 1. The Morgan fingerprint density at radius 1 is 1.56 bits per heavy atom. The first kappa shape index (κ1) is 11.0. The highest BCUT2D eigenvalue weighted by atomic mass is 35.5. The molecule has 2 aromatic rings. The van der Waals surface area contributed by atoms with Crippen molar-refractivity contribution in [2.45, 2.75) is 6.92 Å². The fourth-order valence-electron chi connectivity index (χ4n) is 1.43. The van der Waals surface area contributed by atoms with Crippen LogP contribution in [0.4, 0.5) is 4.39 Å². The SMILES string of the molecule is CCOC(=O)c1coc2c(Cl)cc(F)cc12. The van der Waals surface area contributed by atoms with E-state index < -0.39 is 11.8 Å². The summed E-state index contributed by atoms with van der Waals surface area (Å²) in [6, 6.07) is 2.32. The summed E-state index contributed by atoms with van der Waals surface area (Å²) < 4.78 is 23.0. The Kier molecular flexibility index (Phi) is 2.83. The molecule has 0 atom stereocenters. The van der Waals surface area contributed by atoms with Crippen LogP contribution in [0.15, 0.2) is 22.8 Å². The van der Waals surface area contributed by atoms with Crippen LogP contribution in [0.2, 0.25) is 5.02 Å². The average Bonchev–Trinajstić information content (AvgIpc) is 2.61. The van der Waals surface area contributed by atoms with Gasteiger partial charge in [0.15, 0.2) is 5.58 Å². The van der Waals surface area contributed by atoms with E-state index in [2.05, 4.69) is 0 Å². The molecule has 1 aromatic heterocycles. The Morgan fingerprint density at radius 3 is 3.00 bits per heavy atom. The van der Waals surface area contributed by atoms with Gasteiger partial charge in [0.2, 0.25) is 0 Å². The van der Waals surface area contributed by atoms with E-state index in [9.17, 15) is 9.18 Å². The van der Waals surface area contributed by atoms with E-state index in [1.165, 1.54) is 12.3 Å². The van der Waals surface area contributed by atoms with Gasteiger partial charge in [-0.15, -0.1) is 0 Å². The molecule has 84 valence electrons. The third-order valence-corrected chi connectivity index (χ3v) is 2.37. The molecule has 3 nitrogen and oxygen atoms in total. The molecule has 0 unspecified atom stereocenters. The zero-order valence-electron chi connectivity index (χ0n) is 8.42. The number of carbonyl (C=O) groups is 1. The number of carbonyl (C=O) groups excluding carboxylic acids is 1. The molecule has 0 amide bonds. The van der Waals surface area contributed by atoms with Crippen molar-refractivity contribution >= 4 is 28.5 Å². The number of furan rings is 1. The van der Waals surface area contributed by atoms with Crippen LogP contribution in [0.3, 0.4) is 0 Å². The summed E-state index contributed by atoms with van der Waals surface area (Å²) in [6.45, 7) is 1.93.